The fourth-order valence-corrected chi connectivity index (χ4v) is 4.56. The van der Waals surface area contributed by atoms with Crippen molar-refractivity contribution in [1.29, 1.82) is 0 Å². The lowest BCUT2D eigenvalue weighted by Gasteiger charge is -2.14. The minimum atomic E-state index is -3.57. The number of nitrogens with zero attached hydrogens (tertiary/aromatic N) is 2. The van der Waals surface area contributed by atoms with Crippen molar-refractivity contribution in [2.24, 2.45) is 0 Å². The van der Waals surface area contributed by atoms with Gasteiger partial charge < -0.3 is 9.30 Å². The predicted molar refractivity (Wildman–Crippen MR) is 115 cm³/mol. The van der Waals surface area contributed by atoms with Crippen LogP contribution in [-0.4, -0.2) is 31.1 Å². The Labute approximate surface area is 172 Å². The molecule has 1 N–H and O–H groups in total. The van der Waals surface area contributed by atoms with E-state index in [-0.39, 0.29) is 4.90 Å². The zero-order valence-electron chi connectivity index (χ0n) is 17.1. The monoisotopic (exact) mass is 413 g/mol. The van der Waals surface area contributed by atoms with Gasteiger partial charge in [0.25, 0.3) is 0 Å². The van der Waals surface area contributed by atoms with E-state index >= 15 is 0 Å². The number of ether oxygens (including phenoxy) is 1. The molecule has 1 aromatic heterocycles. The van der Waals surface area contributed by atoms with Gasteiger partial charge in [0.15, 0.2) is 0 Å². The van der Waals surface area contributed by atoms with Crippen molar-refractivity contribution >= 4 is 10.0 Å². The maximum Gasteiger partial charge on any atom is 0.240 e. The summed E-state index contributed by atoms with van der Waals surface area (Å²) in [6, 6.07) is 13.3. The molecule has 0 aliphatic carbocycles. The van der Waals surface area contributed by atoms with E-state index in [1.165, 1.54) is 0 Å². The normalized spacial score (nSPS) is 11.6. The number of sulfonamides is 1. The van der Waals surface area contributed by atoms with Crippen molar-refractivity contribution < 1.29 is 13.2 Å². The number of hydrogen-bond donors (Lipinski definition) is 1. The summed E-state index contributed by atoms with van der Waals surface area (Å²) in [6.07, 6.45) is 4.33. The Morgan fingerprint density at radius 3 is 2.45 bits per heavy atom. The third-order valence-electron chi connectivity index (χ3n) is 4.65. The lowest BCUT2D eigenvalue weighted by molar-refractivity contribution is 0.335. The molecule has 0 unspecified atom stereocenters. The standard InChI is InChI=1S/C22H27N3O3S/c1-4-28-21-17(2)15-20(16-18(21)3)29(26,27)24-11-8-13-25-14-12-23-22(25)19-9-6-5-7-10-19/h5-7,9-10,12,14-16,24H,4,8,11,13H2,1-3H3. The second kappa shape index (κ2) is 9.24. The Morgan fingerprint density at radius 2 is 1.79 bits per heavy atom. The number of hydrogen-bond acceptors (Lipinski definition) is 4. The topological polar surface area (TPSA) is 73.2 Å². The molecule has 0 aliphatic heterocycles. The second-order valence-electron chi connectivity index (χ2n) is 6.88. The molecule has 3 aromatic rings. The Balaban J connectivity index is 1.62. The van der Waals surface area contributed by atoms with Crippen molar-refractivity contribution in [3.05, 3.63) is 66.0 Å². The molecule has 7 heteroatoms. The summed E-state index contributed by atoms with van der Waals surface area (Å²) in [5, 5.41) is 0. The summed E-state index contributed by atoms with van der Waals surface area (Å²) in [5.41, 5.74) is 2.68. The average Bonchev–Trinajstić information content (AvgIpc) is 3.17. The first-order valence-corrected chi connectivity index (χ1v) is 11.2. The Morgan fingerprint density at radius 1 is 1.10 bits per heavy atom. The molecule has 1 heterocycles. The van der Waals surface area contributed by atoms with Gasteiger partial charge in [-0.3, -0.25) is 0 Å². The van der Waals surface area contributed by atoms with E-state index in [0.29, 0.717) is 26.1 Å². The molecular formula is C22H27N3O3S. The van der Waals surface area contributed by atoms with Gasteiger partial charge in [-0.25, -0.2) is 18.1 Å². The zero-order chi connectivity index (χ0) is 20.9. The summed E-state index contributed by atoms with van der Waals surface area (Å²) in [5.74, 6) is 1.63. The van der Waals surface area contributed by atoms with Gasteiger partial charge in [0.2, 0.25) is 10.0 Å². The molecular weight excluding hydrogens is 386 g/mol. The molecule has 3 rings (SSSR count). The number of rotatable bonds is 9. The van der Waals surface area contributed by atoms with Crippen molar-refractivity contribution in [2.45, 2.75) is 38.6 Å². The van der Waals surface area contributed by atoms with Crippen molar-refractivity contribution in [3.63, 3.8) is 0 Å². The van der Waals surface area contributed by atoms with E-state index in [9.17, 15) is 8.42 Å². The zero-order valence-corrected chi connectivity index (χ0v) is 17.9. The van der Waals surface area contributed by atoms with Crippen molar-refractivity contribution in [3.8, 4) is 17.1 Å². The van der Waals surface area contributed by atoms with Crippen LogP contribution in [0.2, 0.25) is 0 Å². The van der Waals surface area contributed by atoms with Gasteiger partial charge in [-0.05, 0) is 50.5 Å². The SMILES string of the molecule is CCOc1c(C)cc(S(=O)(=O)NCCCn2ccnc2-c2ccccc2)cc1C. The minimum Gasteiger partial charge on any atom is -0.493 e. The molecule has 0 bridgehead atoms. The number of imidazole rings is 1. The molecule has 0 amide bonds. The number of nitrogens with one attached hydrogen (secondary N) is 1. The highest BCUT2D eigenvalue weighted by molar-refractivity contribution is 7.89. The third kappa shape index (κ3) is 5.05. The first-order valence-electron chi connectivity index (χ1n) is 9.72. The molecule has 0 spiro atoms. The van der Waals surface area contributed by atoms with Crippen LogP contribution in [0.15, 0.2) is 59.8 Å². The quantitative estimate of drug-likeness (QED) is 0.540. The van der Waals surface area contributed by atoms with E-state index in [0.717, 1.165) is 28.3 Å². The van der Waals surface area contributed by atoms with E-state index < -0.39 is 10.0 Å². The van der Waals surface area contributed by atoms with Gasteiger partial charge in [-0.1, -0.05) is 30.3 Å². The number of benzene rings is 2. The van der Waals surface area contributed by atoms with Gasteiger partial charge in [0, 0.05) is 31.0 Å². The summed E-state index contributed by atoms with van der Waals surface area (Å²) in [6.45, 7) is 7.20. The predicted octanol–water partition coefficient (Wildman–Crippen LogP) is 3.93. The summed E-state index contributed by atoms with van der Waals surface area (Å²) >= 11 is 0. The first kappa shape index (κ1) is 21.1. The van der Waals surface area contributed by atoms with Crippen LogP contribution in [0.5, 0.6) is 5.75 Å². The van der Waals surface area contributed by atoms with Crippen LogP contribution in [-0.2, 0) is 16.6 Å². The maximum absolute atomic E-state index is 12.7. The number of aromatic nitrogens is 2. The molecule has 29 heavy (non-hydrogen) atoms. The fraction of sp³-hybridized carbons (Fsp3) is 0.318. The molecule has 2 aromatic carbocycles. The second-order valence-corrected chi connectivity index (χ2v) is 8.65. The Hall–Kier alpha value is -2.64. The van der Waals surface area contributed by atoms with Gasteiger partial charge in [0.1, 0.15) is 11.6 Å². The Kier molecular flexibility index (Phi) is 6.71. The molecule has 0 aliphatic rings. The third-order valence-corrected chi connectivity index (χ3v) is 6.09. The van der Waals surface area contributed by atoms with Crippen LogP contribution in [0.3, 0.4) is 0 Å². The smallest absolute Gasteiger partial charge is 0.240 e. The van der Waals surface area contributed by atoms with E-state index in [1.807, 2.05) is 61.9 Å². The van der Waals surface area contributed by atoms with Gasteiger partial charge in [-0.15, -0.1) is 0 Å². The van der Waals surface area contributed by atoms with Crippen molar-refractivity contribution in [2.75, 3.05) is 13.2 Å². The molecule has 154 valence electrons. The van der Waals surface area contributed by atoms with E-state index in [4.69, 9.17) is 4.74 Å². The first-order chi connectivity index (χ1) is 13.9. The summed E-state index contributed by atoms with van der Waals surface area (Å²) < 4.78 is 35.7. The summed E-state index contributed by atoms with van der Waals surface area (Å²) in [7, 11) is -3.57. The van der Waals surface area contributed by atoms with Gasteiger partial charge in [-0.2, -0.15) is 0 Å². The van der Waals surface area contributed by atoms with Crippen LogP contribution in [0, 0.1) is 13.8 Å². The highest BCUT2D eigenvalue weighted by Gasteiger charge is 2.17. The maximum atomic E-state index is 12.7. The highest BCUT2D eigenvalue weighted by Crippen LogP contribution is 2.27. The molecule has 0 fully saturated rings. The van der Waals surface area contributed by atoms with Gasteiger partial charge >= 0.3 is 0 Å². The minimum absolute atomic E-state index is 0.267. The van der Waals surface area contributed by atoms with Crippen molar-refractivity contribution in [1.82, 2.24) is 14.3 Å². The van der Waals surface area contributed by atoms with Crippen LogP contribution >= 0.6 is 0 Å². The molecule has 0 saturated heterocycles. The largest absolute Gasteiger partial charge is 0.493 e. The van der Waals surface area contributed by atoms with E-state index in [2.05, 4.69) is 9.71 Å². The lowest BCUT2D eigenvalue weighted by atomic mass is 10.1. The van der Waals surface area contributed by atoms with Crippen LogP contribution in [0.1, 0.15) is 24.5 Å². The average molecular weight is 414 g/mol. The molecule has 0 atom stereocenters. The fourth-order valence-electron chi connectivity index (χ4n) is 3.31. The molecule has 6 nitrogen and oxygen atoms in total. The molecule has 0 radical (unpaired) electrons. The van der Waals surface area contributed by atoms with Gasteiger partial charge in [0.05, 0.1) is 11.5 Å². The van der Waals surface area contributed by atoms with Crippen LogP contribution in [0.25, 0.3) is 11.4 Å². The number of aryl methyl sites for hydroxylation is 3. The van der Waals surface area contributed by atoms with E-state index in [1.54, 1.807) is 18.3 Å². The van der Waals surface area contributed by atoms with Crippen LogP contribution in [0.4, 0.5) is 0 Å². The van der Waals surface area contributed by atoms with Crippen LogP contribution < -0.4 is 9.46 Å². The summed E-state index contributed by atoms with van der Waals surface area (Å²) in [4.78, 5) is 4.68. The highest BCUT2D eigenvalue weighted by atomic mass is 32.2. The molecule has 0 saturated carbocycles. The lowest BCUT2D eigenvalue weighted by Crippen LogP contribution is -2.26. The Bertz CT molecular complexity index is 1040.